The average Bonchev–Trinajstić information content (AvgIpc) is 3.20. The van der Waals surface area contributed by atoms with Crippen LogP contribution in [-0.4, -0.2) is 39.2 Å². The van der Waals surface area contributed by atoms with Crippen molar-refractivity contribution in [2.45, 2.75) is 25.9 Å². The summed E-state index contributed by atoms with van der Waals surface area (Å²) in [5.74, 6) is -0.376. The first-order chi connectivity index (χ1) is 14.0. The molecule has 1 N–H and O–H groups in total. The van der Waals surface area contributed by atoms with E-state index in [-0.39, 0.29) is 18.5 Å². The topological polar surface area (TPSA) is 99.0 Å². The summed E-state index contributed by atoms with van der Waals surface area (Å²) >= 11 is 5.92. The number of hydrogen-bond donors (Lipinski definition) is 1. The summed E-state index contributed by atoms with van der Waals surface area (Å²) in [4.78, 5) is 25.3. The molecule has 3 aromatic rings. The molecule has 9 heteroatoms. The maximum atomic E-state index is 12.4. The molecule has 0 spiro atoms. The van der Waals surface area contributed by atoms with Crippen molar-refractivity contribution in [2.24, 2.45) is 0 Å². The minimum absolute atomic E-state index is 0.0756. The highest BCUT2D eigenvalue weighted by Gasteiger charge is 2.15. The predicted molar refractivity (Wildman–Crippen MR) is 107 cm³/mol. The lowest BCUT2D eigenvalue weighted by molar-refractivity contribution is -0.122. The van der Waals surface area contributed by atoms with Gasteiger partial charge in [0.2, 0.25) is 11.7 Å². The Labute approximate surface area is 172 Å². The van der Waals surface area contributed by atoms with Crippen LogP contribution in [0.2, 0.25) is 5.02 Å². The molecule has 1 unspecified atom stereocenters. The first-order valence-electron chi connectivity index (χ1n) is 9.01. The Bertz CT molecular complexity index is 1000. The molecule has 1 aromatic heterocycles. The van der Waals surface area contributed by atoms with Crippen LogP contribution >= 0.6 is 11.6 Å². The zero-order valence-electron chi connectivity index (χ0n) is 16.0. The van der Waals surface area contributed by atoms with Crippen molar-refractivity contribution >= 4 is 23.5 Å². The van der Waals surface area contributed by atoms with E-state index < -0.39 is 5.97 Å². The van der Waals surface area contributed by atoms with Crippen LogP contribution < -0.4 is 5.32 Å². The maximum absolute atomic E-state index is 12.4. The molecule has 0 bridgehead atoms. The van der Waals surface area contributed by atoms with Crippen molar-refractivity contribution in [2.75, 3.05) is 7.11 Å². The SMILES string of the molecule is CCC(NC(=O)Cn1nnc(-c2cccc(C(=O)OC)c2)n1)c1ccc(Cl)cc1. The van der Waals surface area contributed by atoms with Gasteiger partial charge in [-0.2, -0.15) is 4.80 Å². The second-order valence-corrected chi connectivity index (χ2v) is 6.73. The lowest BCUT2D eigenvalue weighted by Gasteiger charge is -2.17. The summed E-state index contributed by atoms with van der Waals surface area (Å²) in [6.07, 6.45) is 0.726. The van der Waals surface area contributed by atoms with E-state index in [1.165, 1.54) is 11.9 Å². The molecule has 1 amide bonds. The van der Waals surface area contributed by atoms with Crippen LogP contribution in [-0.2, 0) is 16.1 Å². The third kappa shape index (κ3) is 5.17. The van der Waals surface area contributed by atoms with Crippen LogP contribution in [0.3, 0.4) is 0 Å². The number of nitrogens with one attached hydrogen (secondary N) is 1. The quantitative estimate of drug-likeness (QED) is 0.597. The van der Waals surface area contributed by atoms with Crippen molar-refractivity contribution in [3.63, 3.8) is 0 Å². The summed E-state index contributed by atoms with van der Waals surface area (Å²) in [5, 5.41) is 15.7. The summed E-state index contributed by atoms with van der Waals surface area (Å²) in [5.41, 5.74) is 1.96. The summed E-state index contributed by atoms with van der Waals surface area (Å²) in [6, 6.07) is 13.9. The number of ether oxygens (including phenoxy) is 1. The van der Waals surface area contributed by atoms with Gasteiger partial charge in [-0.25, -0.2) is 4.79 Å². The normalized spacial score (nSPS) is 11.7. The number of tetrazole rings is 1. The van der Waals surface area contributed by atoms with Crippen molar-refractivity contribution in [1.29, 1.82) is 0 Å². The van der Waals surface area contributed by atoms with E-state index in [2.05, 4.69) is 20.7 Å². The van der Waals surface area contributed by atoms with Crippen molar-refractivity contribution in [3.8, 4) is 11.4 Å². The van der Waals surface area contributed by atoms with Gasteiger partial charge < -0.3 is 10.1 Å². The Morgan fingerprint density at radius 3 is 2.66 bits per heavy atom. The number of hydrogen-bond acceptors (Lipinski definition) is 6. The number of rotatable bonds is 7. The molecule has 2 aromatic carbocycles. The second-order valence-electron chi connectivity index (χ2n) is 6.30. The van der Waals surface area contributed by atoms with E-state index in [1.54, 1.807) is 36.4 Å². The Balaban J connectivity index is 1.67. The third-order valence-corrected chi connectivity index (χ3v) is 4.55. The summed E-state index contributed by atoms with van der Waals surface area (Å²) < 4.78 is 4.71. The molecule has 0 radical (unpaired) electrons. The maximum Gasteiger partial charge on any atom is 0.337 e. The molecule has 0 fully saturated rings. The van der Waals surface area contributed by atoms with Crippen LogP contribution in [0.1, 0.15) is 35.3 Å². The van der Waals surface area contributed by atoms with Gasteiger partial charge in [-0.05, 0) is 41.5 Å². The average molecular weight is 414 g/mol. The van der Waals surface area contributed by atoms with Crippen LogP contribution in [0.15, 0.2) is 48.5 Å². The molecule has 1 atom stereocenters. The fourth-order valence-electron chi connectivity index (χ4n) is 2.81. The number of carbonyl (C=O) groups excluding carboxylic acids is 2. The van der Waals surface area contributed by atoms with E-state index >= 15 is 0 Å². The fourth-order valence-corrected chi connectivity index (χ4v) is 2.94. The van der Waals surface area contributed by atoms with Crippen molar-refractivity contribution in [3.05, 3.63) is 64.7 Å². The zero-order chi connectivity index (χ0) is 20.8. The number of benzene rings is 2. The Hall–Kier alpha value is -3.26. The Morgan fingerprint density at radius 2 is 1.97 bits per heavy atom. The first-order valence-corrected chi connectivity index (χ1v) is 9.39. The van der Waals surface area contributed by atoms with E-state index in [4.69, 9.17) is 16.3 Å². The van der Waals surface area contributed by atoms with Gasteiger partial charge in [0.15, 0.2) is 0 Å². The van der Waals surface area contributed by atoms with Gasteiger partial charge in [0.05, 0.1) is 18.7 Å². The molecule has 0 aliphatic rings. The smallest absolute Gasteiger partial charge is 0.337 e. The second kappa shape index (κ2) is 9.29. The van der Waals surface area contributed by atoms with E-state index in [9.17, 15) is 9.59 Å². The Kier molecular flexibility index (Phi) is 6.56. The van der Waals surface area contributed by atoms with Gasteiger partial charge in [-0.15, -0.1) is 10.2 Å². The minimum atomic E-state index is -0.452. The number of nitrogens with zero attached hydrogens (tertiary/aromatic N) is 4. The van der Waals surface area contributed by atoms with Gasteiger partial charge in [-0.1, -0.05) is 42.8 Å². The fraction of sp³-hybridized carbons (Fsp3) is 0.250. The van der Waals surface area contributed by atoms with Crippen LogP contribution in [0.4, 0.5) is 0 Å². The minimum Gasteiger partial charge on any atom is -0.465 e. The molecule has 29 heavy (non-hydrogen) atoms. The van der Waals surface area contributed by atoms with Crippen LogP contribution in [0.5, 0.6) is 0 Å². The van der Waals surface area contributed by atoms with Gasteiger partial charge in [0, 0.05) is 10.6 Å². The highest BCUT2D eigenvalue weighted by atomic mass is 35.5. The van der Waals surface area contributed by atoms with Crippen LogP contribution in [0, 0.1) is 0 Å². The number of amides is 1. The van der Waals surface area contributed by atoms with E-state index in [0.717, 1.165) is 12.0 Å². The molecular weight excluding hydrogens is 394 g/mol. The number of carbonyl (C=O) groups is 2. The van der Waals surface area contributed by atoms with Gasteiger partial charge >= 0.3 is 5.97 Å². The lowest BCUT2D eigenvalue weighted by Crippen LogP contribution is -2.32. The molecule has 0 saturated heterocycles. The third-order valence-electron chi connectivity index (χ3n) is 4.30. The Morgan fingerprint density at radius 1 is 1.21 bits per heavy atom. The first kappa shape index (κ1) is 20.5. The molecule has 0 aliphatic carbocycles. The van der Waals surface area contributed by atoms with E-state index in [1.807, 2.05) is 19.1 Å². The summed E-state index contributed by atoms with van der Waals surface area (Å²) in [6.45, 7) is 1.91. The van der Waals surface area contributed by atoms with Crippen LogP contribution in [0.25, 0.3) is 11.4 Å². The summed E-state index contributed by atoms with van der Waals surface area (Å²) in [7, 11) is 1.32. The number of aromatic nitrogens is 4. The molecule has 3 rings (SSSR count). The van der Waals surface area contributed by atoms with Crippen molar-refractivity contribution < 1.29 is 14.3 Å². The monoisotopic (exact) mass is 413 g/mol. The molecule has 1 heterocycles. The largest absolute Gasteiger partial charge is 0.465 e. The predicted octanol–water partition coefficient (Wildman–Crippen LogP) is 3.05. The van der Waals surface area contributed by atoms with E-state index in [0.29, 0.717) is 22.0 Å². The lowest BCUT2D eigenvalue weighted by atomic mass is 10.0. The van der Waals surface area contributed by atoms with Crippen molar-refractivity contribution in [1.82, 2.24) is 25.5 Å². The number of methoxy groups -OCH3 is 1. The van der Waals surface area contributed by atoms with Gasteiger partial charge in [-0.3, -0.25) is 4.79 Å². The molecular formula is C20H20ClN5O3. The zero-order valence-corrected chi connectivity index (χ0v) is 16.8. The van der Waals surface area contributed by atoms with Gasteiger partial charge in [0.1, 0.15) is 6.54 Å². The van der Waals surface area contributed by atoms with Gasteiger partial charge in [0.25, 0.3) is 0 Å². The standard InChI is InChI=1S/C20H20ClN5O3/c1-3-17(13-7-9-16(21)10-8-13)22-18(27)12-26-24-19(23-25-26)14-5-4-6-15(11-14)20(28)29-2/h4-11,17H,3,12H2,1-2H3,(H,22,27). The highest BCUT2D eigenvalue weighted by molar-refractivity contribution is 6.30. The molecule has 0 saturated carbocycles. The molecule has 150 valence electrons. The number of esters is 1. The molecule has 8 nitrogen and oxygen atoms in total. The number of halogens is 1. The molecule has 0 aliphatic heterocycles. The highest BCUT2D eigenvalue weighted by Crippen LogP contribution is 2.19.